The van der Waals surface area contributed by atoms with E-state index in [2.05, 4.69) is 15.9 Å². The maximum absolute atomic E-state index is 9.41. The van der Waals surface area contributed by atoms with Gasteiger partial charge in [0.15, 0.2) is 17.6 Å². The molecule has 1 aromatic rings. The van der Waals surface area contributed by atoms with Gasteiger partial charge in [-0.15, -0.1) is 0 Å². The summed E-state index contributed by atoms with van der Waals surface area (Å²) < 4.78 is 10.7. The van der Waals surface area contributed by atoms with Crippen LogP contribution in [-0.2, 0) is 0 Å². The molecule has 1 N–H and O–H groups in total. The molecule has 1 atom stereocenters. The molecule has 0 fully saturated rings. The molecule has 0 aliphatic heterocycles. The number of hydrogen-bond acceptors (Lipinski definition) is 4. The minimum Gasteiger partial charge on any atom is -0.493 e. The molecule has 0 bridgehead atoms. The quantitative estimate of drug-likeness (QED) is 0.855. The Morgan fingerprint density at radius 2 is 1.87 bits per heavy atom. The molecule has 0 heterocycles. The Morgan fingerprint density at radius 1 is 1.33 bits per heavy atom. The maximum Gasteiger partial charge on any atom is 0.167 e. The van der Waals surface area contributed by atoms with Gasteiger partial charge in [0.05, 0.1) is 20.3 Å². The Kier molecular flexibility index (Phi) is 3.95. The highest BCUT2D eigenvalue weighted by Gasteiger charge is 2.15. The Hall–Kier alpha value is -1.25. The van der Waals surface area contributed by atoms with E-state index in [0.717, 1.165) is 0 Å². The van der Waals surface area contributed by atoms with Gasteiger partial charge in [0, 0.05) is 10.0 Å². The highest BCUT2D eigenvalue weighted by Crippen LogP contribution is 2.35. The number of hydrogen-bond donors (Lipinski definition) is 1. The Bertz CT molecular complexity index is 400. The molecule has 0 saturated heterocycles. The zero-order chi connectivity index (χ0) is 11.4. The third-order valence-electron chi connectivity index (χ3n) is 1.92. The van der Waals surface area contributed by atoms with Gasteiger partial charge in [0.25, 0.3) is 0 Å². The van der Waals surface area contributed by atoms with E-state index in [0.29, 0.717) is 21.5 Å². The van der Waals surface area contributed by atoms with Crippen molar-refractivity contribution in [1.82, 2.24) is 0 Å². The second-order valence-corrected chi connectivity index (χ2v) is 3.61. The zero-order valence-electron chi connectivity index (χ0n) is 8.32. The smallest absolute Gasteiger partial charge is 0.167 e. The Labute approximate surface area is 96.2 Å². The first kappa shape index (κ1) is 11.8. The van der Waals surface area contributed by atoms with Crippen molar-refractivity contribution >= 4 is 15.9 Å². The van der Waals surface area contributed by atoms with Crippen molar-refractivity contribution < 1.29 is 14.6 Å². The molecule has 0 aliphatic carbocycles. The molecule has 80 valence electrons. The molecule has 0 radical (unpaired) electrons. The first-order valence-corrected chi connectivity index (χ1v) is 4.92. The van der Waals surface area contributed by atoms with Crippen LogP contribution in [0, 0.1) is 11.3 Å². The number of aliphatic hydroxyl groups excluding tert-OH is 1. The summed E-state index contributed by atoms with van der Waals surface area (Å²) in [7, 11) is 3.01. The average molecular weight is 272 g/mol. The van der Waals surface area contributed by atoms with E-state index in [1.165, 1.54) is 14.2 Å². The van der Waals surface area contributed by atoms with Gasteiger partial charge in [-0.1, -0.05) is 15.9 Å². The molecule has 1 rings (SSSR count). The van der Waals surface area contributed by atoms with Crippen LogP contribution in [0.15, 0.2) is 16.6 Å². The summed E-state index contributed by atoms with van der Waals surface area (Å²) in [5.74, 6) is 1.02. The minimum atomic E-state index is -1.18. The third-order valence-corrected chi connectivity index (χ3v) is 2.61. The number of methoxy groups -OCH3 is 2. The number of aliphatic hydroxyl groups is 1. The van der Waals surface area contributed by atoms with E-state index in [-0.39, 0.29) is 0 Å². The number of nitriles is 1. The highest BCUT2D eigenvalue weighted by atomic mass is 79.9. The van der Waals surface area contributed by atoms with Crippen molar-refractivity contribution in [3.05, 3.63) is 22.2 Å². The molecule has 0 amide bonds. The van der Waals surface area contributed by atoms with Crippen molar-refractivity contribution in [2.45, 2.75) is 6.10 Å². The fraction of sp³-hybridized carbons (Fsp3) is 0.300. The topological polar surface area (TPSA) is 62.5 Å². The average Bonchev–Trinajstić information content (AvgIpc) is 2.27. The maximum atomic E-state index is 9.41. The van der Waals surface area contributed by atoms with E-state index >= 15 is 0 Å². The SMILES string of the molecule is COc1cc(Br)c([C@@H](O)C#N)cc1OC. The van der Waals surface area contributed by atoms with Crippen molar-refractivity contribution in [1.29, 1.82) is 5.26 Å². The normalized spacial score (nSPS) is 11.7. The molecule has 4 nitrogen and oxygen atoms in total. The van der Waals surface area contributed by atoms with Gasteiger partial charge in [-0.05, 0) is 12.1 Å². The summed E-state index contributed by atoms with van der Waals surface area (Å²) in [6, 6.07) is 4.95. The third kappa shape index (κ3) is 2.41. The lowest BCUT2D eigenvalue weighted by atomic mass is 10.1. The number of benzene rings is 1. The Balaban J connectivity index is 3.27. The predicted octanol–water partition coefficient (Wildman–Crippen LogP) is 2.02. The van der Waals surface area contributed by atoms with Crippen LogP contribution >= 0.6 is 15.9 Å². The lowest BCUT2D eigenvalue weighted by Crippen LogP contribution is -1.98. The summed E-state index contributed by atoms with van der Waals surface area (Å²) in [6.45, 7) is 0. The summed E-state index contributed by atoms with van der Waals surface area (Å²) in [5, 5.41) is 18.0. The number of ether oxygens (including phenoxy) is 2. The van der Waals surface area contributed by atoms with Crippen LogP contribution in [0.4, 0.5) is 0 Å². The molecular weight excluding hydrogens is 262 g/mol. The predicted molar refractivity (Wildman–Crippen MR) is 57.8 cm³/mol. The summed E-state index contributed by atoms with van der Waals surface area (Å²) in [5.41, 5.74) is 0.454. The fourth-order valence-electron chi connectivity index (χ4n) is 1.15. The van der Waals surface area contributed by atoms with Crippen molar-refractivity contribution in [3.63, 3.8) is 0 Å². The van der Waals surface area contributed by atoms with E-state index in [4.69, 9.17) is 14.7 Å². The van der Waals surface area contributed by atoms with Crippen molar-refractivity contribution in [3.8, 4) is 17.6 Å². The second-order valence-electron chi connectivity index (χ2n) is 2.76. The molecule has 15 heavy (non-hydrogen) atoms. The molecule has 0 unspecified atom stereocenters. The van der Waals surface area contributed by atoms with E-state index < -0.39 is 6.10 Å². The first-order valence-electron chi connectivity index (χ1n) is 4.13. The lowest BCUT2D eigenvalue weighted by molar-refractivity contribution is 0.234. The summed E-state index contributed by atoms with van der Waals surface area (Å²) in [4.78, 5) is 0. The molecule has 0 aromatic heterocycles. The van der Waals surface area contributed by atoms with Gasteiger partial charge in [-0.25, -0.2) is 0 Å². The fourth-order valence-corrected chi connectivity index (χ4v) is 1.69. The summed E-state index contributed by atoms with van der Waals surface area (Å²) in [6.07, 6.45) is -1.18. The van der Waals surface area contributed by atoms with Crippen molar-refractivity contribution in [2.75, 3.05) is 14.2 Å². The second kappa shape index (κ2) is 5.01. The zero-order valence-corrected chi connectivity index (χ0v) is 9.91. The molecule has 1 aromatic carbocycles. The van der Waals surface area contributed by atoms with Crippen LogP contribution in [0.2, 0.25) is 0 Å². The van der Waals surface area contributed by atoms with Crippen LogP contribution in [0.25, 0.3) is 0 Å². The van der Waals surface area contributed by atoms with Gasteiger partial charge >= 0.3 is 0 Å². The standard InChI is InChI=1S/C10H10BrNO3/c1-14-9-3-6(8(13)5-12)7(11)4-10(9)15-2/h3-4,8,13H,1-2H3/t8-/m0/s1. The van der Waals surface area contributed by atoms with Crippen LogP contribution in [-0.4, -0.2) is 19.3 Å². The molecule has 5 heteroatoms. The first-order chi connectivity index (χ1) is 7.13. The van der Waals surface area contributed by atoms with Gasteiger partial charge in [-0.2, -0.15) is 5.26 Å². The molecular formula is C10H10BrNO3. The van der Waals surface area contributed by atoms with E-state index in [1.54, 1.807) is 18.2 Å². The lowest BCUT2D eigenvalue weighted by Gasteiger charge is -2.12. The molecule has 0 aliphatic rings. The monoisotopic (exact) mass is 271 g/mol. The number of halogens is 1. The van der Waals surface area contributed by atoms with Gasteiger partial charge < -0.3 is 14.6 Å². The van der Waals surface area contributed by atoms with Crippen LogP contribution in [0.1, 0.15) is 11.7 Å². The Morgan fingerprint density at radius 3 is 2.33 bits per heavy atom. The van der Waals surface area contributed by atoms with Gasteiger partial charge in [-0.3, -0.25) is 0 Å². The molecule has 0 spiro atoms. The summed E-state index contributed by atoms with van der Waals surface area (Å²) >= 11 is 3.25. The highest BCUT2D eigenvalue weighted by molar-refractivity contribution is 9.10. The van der Waals surface area contributed by atoms with Crippen LogP contribution < -0.4 is 9.47 Å². The van der Waals surface area contributed by atoms with E-state index in [1.807, 2.05) is 0 Å². The molecule has 0 saturated carbocycles. The van der Waals surface area contributed by atoms with Gasteiger partial charge in [0.2, 0.25) is 0 Å². The van der Waals surface area contributed by atoms with Crippen molar-refractivity contribution in [2.24, 2.45) is 0 Å². The minimum absolute atomic E-state index is 0.454. The number of rotatable bonds is 3. The number of nitrogens with zero attached hydrogens (tertiary/aromatic N) is 1. The van der Waals surface area contributed by atoms with Crippen LogP contribution in [0.3, 0.4) is 0 Å². The largest absolute Gasteiger partial charge is 0.493 e. The van der Waals surface area contributed by atoms with E-state index in [9.17, 15) is 5.11 Å². The van der Waals surface area contributed by atoms with Gasteiger partial charge in [0.1, 0.15) is 0 Å². The van der Waals surface area contributed by atoms with Crippen LogP contribution in [0.5, 0.6) is 11.5 Å².